The van der Waals surface area contributed by atoms with E-state index in [1.165, 1.54) is 0 Å². The summed E-state index contributed by atoms with van der Waals surface area (Å²) in [6.07, 6.45) is -0.586. The van der Waals surface area contributed by atoms with Crippen LogP contribution in [0.1, 0.15) is 24.5 Å². The van der Waals surface area contributed by atoms with Gasteiger partial charge in [0.2, 0.25) is 0 Å². The van der Waals surface area contributed by atoms with Crippen LogP contribution in [0, 0.1) is 0 Å². The van der Waals surface area contributed by atoms with Crippen LogP contribution in [0.4, 0.5) is 0 Å². The minimum absolute atomic E-state index is 0.0433. The Morgan fingerprint density at radius 3 is 2.87 bits per heavy atom. The van der Waals surface area contributed by atoms with Gasteiger partial charge in [-0.2, -0.15) is 0 Å². The maximum Gasteiger partial charge on any atom is 0.303 e. The van der Waals surface area contributed by atoms with Gasteiger partial charge in [-0.1, -0.05) is 12.1 Å². The number of aliphatic hydroxyl groups is 1. The minimum atomic E-state index is -0.906. The first-order valence-corrected chi connectivity index (χ1v) is 4.67. The molecule has 0 aliphatic carbocycles. The number of aliphatic carboxylic acids is 1. The molecule has 1 rings (SSSR count). The van der Waals surface area contributed by atoms with E-state index in [0.29, 0.717) is 11.3 Å². The summed E-state index contributed by atoms with van der Waals surface area (Å²) in [7, 11) is 1.54. The van der Waals surface area contributed by atoms with E-state index < -0.39 is 12.1 Å². The maximum atomic E-state index is 10.3. The number of aliphatic hydroxyl groups excluding tert-OH is 1. The zero-order chi connectivity index (χ0) is 11.3. The standard InChI is InChI=1S/C11H14O4/c1-15-9-4-2-3-8(7-9)10(12)5-6-11(13)14/h2-4,7,10,12H,5-6H2,1H3,(H,13,14). The molecule has 2 N–H and O–H groups in total. The third-order valence-corrected chi connectivity index (χ3v) is 2.11. The summed E-state index contributed by atoms with van der Waals surface area (Å²) in [5, 5.41) is 18.1. The summed E-state index contributed by atoms with van der Waals surface area (Å²) in [6, 6.07) is 6.98. The second kappa shape index (κ2) is 5.36. The van der Waals surface area contributed by atoms with E-state index in [1.54, 1.807) is 31.4 Å². The summed E-state index contributed by atoms with van der Waals surface area (Å²) in [5.74, 6) is -0.251. The van der Waals surface area contributed by atoms with Gasteiger partial charge in [-0.25, -0.2) is 0 Å². The lowest BCUT2D eigenvalue weighted by molar-refractivity contribution is -0.137. The maximum absolute atomic E-state index is 10.3. The van der Waals surface area contributed by atoms with Crippen LogP contribution in [0.2, 0.25) is 0 Å². The van der Waals surface area contributed by atoms with Crippen molar-refractivity contribution in [2.75, 3.05) is 7.11 Å². The molecule has 0 heterocycles. The van der Waals surface area contributed by atoms with Gasteiger partial charge in [-0.15, -0.1) is 0 Å². The molecular weight excluding hydrogens is 196 g/mol. The minimum Gasteiger partial charge on any atom is -0.497 e. The molecule has 0 saturated carbocycles. The number of ether oxygens (including phenoxy) is 1. The summed E-state index contributed by atoms with van der Waals surface area (Å²) in [4.78, 5) is 10.3. The van der Waals surface area contributed by atoms with Crippen LogP contribution in [0.15, 0.2) is 24.3 Å². The number of methoxy groups -OCH3 is 1. The van der Waals surface area contributed by atoms with Crippen molar-refractivity contribution in [3.63, 3.8) is 0 Å². The molecule has 1 aromatic carbocycles. The van der Waals surface area contributed by atoms with E-state index in [9.17, 15) is 9.90 Å². The number of benzene rings is 1. The molecule has 4 heteroatoms. The Labute approximate surface area is 88.1 Å². The monoisotopic (exact) mass is 210 g/mol. The van der Waals surface area contributed by atoms with Gasteiger partial charge in [0.05, 0.1) is 13.2 Å². The first kappa shape index (κ1) is 11.5. The fraction of sp³-hybridized carbons (Fsp3) is 0.364. The van der Waals surface area contributed by atoms with Gasteiger partial charge in [0, 0.05) is 6.42 Å². The summed E-state index contributed by atoms with van der Waals surface area (Å²) in [6.45, 7) is 0. The average Bonchev–Trinajstić information content (AvgIpc) is 2.26. The van der Waals surface area contributed by atoms with Gasteiger partial charge in [0.15, 0.2) is 0 Å². The molecule has 0 aromatic heterocycles. The van der Waals surface area contributed by atoms with Crippen molar-refractivity contribution in [2.45, 2.75) is 18.9 Å². The Bertz CT molecular complexity index is 335. The van der Waals surface area contributed by atoms with Gasteiger partial charge in [-0.05, 0) is 24.1 Å². The van der Waals surface area contributed by atoms with Crippen molar-refractivity contribution in [1.82, 2.24) is 0 Å². The lowest BCUT2D eigenvalue weighted by Crippen LogP contribution is -2.02. The summed E-state index contributed by atoms with van der Waals surface area (Å²) < 4.78 is 5.00. The molecule has 0 radical (unpaired) electrons. The van der Waals surface area contributed by atoms with Crippen LogP contribution in [0.25, 0.3) is 0 Å². The number of carboxylic acid groups (broad SMARTS) is 1. The van der Waals surface area contributed by atoms with Crippen molar-refractivity contribution in [3.8, 4) is 5.75 Å². The topological polar surface area (TPSA) is 66.8 Å². The van der Waals surface area contributed by atoms with Crippen LogP contribution in [-0.2, 0) is 4.79 Å². The van der Waals surface area contributed by atoms with E-state index in [1.807, 2.05) is 0 Å². The van der Waals surface area contributed by atoms with Crippen LogP contribution < -0.4 is 4.74 Å². The fourth-order valence-electron chi connectivity index (χ4n) is 1.28. The highest BCUT2D eigenvalue weighted by Gasteiger charge is 2.10. The number of carboxylic acids is 1. The summed E-state index contributed by atoms with van der Waals surface area (Å²) >= 11 is 0. The van der Waals surface area contributed by atoms with Gasteiger partial charge < -0.3 is 14.9 Å². The Balaban J connectivity index is 2.64. The zero-order valence-corrected chi connectivity index (χ0v) is 8.51. The Morgan fingerprint density at radius 1 is 1.53 bits per heavy atom. The molecular formula is C11H14O4. The van der Waals surface area contributed by atoms with Crippen molar-refractivity contribution in [1.29, 1.82) is 0 Å². The van der Waals surface area contributed by atoms with Crippen molar-refractivity contribution in [2.24, 2.45) is 0 Å². The Morgan fingerprint density at radius 2 is 2.27 bits per heavy atom. The van der Waals surface area contributed by atoms with Crippen molar-refractivity contribution >= 4 is 5.97 Å². The lowest BCUT2D eigenvalue weighted by Gasteiger charge is -2.10. The van der Waals surface area contributed by atoms with E-state index in [2.05, 4.69) is 0 Å². The van der Waals surface area contributed by atoms with Crippen molar-refractivity contribution < 1.29 is 19.7 Å². The van der Waals surface area contributed by atoms with E-state index in [0.717, 1.165) is 0 Å². The highest BCUT2D eigenvalue weighted by molar-refractivity contribution is 5.66. The van der Waals surface area contributed by atoms with Crippen LogP contribution in [0.3, 0.4) is 0 Å². The van der Waals surface area contributed by atoms with E-state index >= 15 is 0 Å². The molecule has 0 bridgehead atoms. The van der Waals surface area contributed by atoms with E-state index in [-0.39, 0.29) is 12.8 Å². The fourth-order valence-corrected chi connectivity index (χ4v) is 1.28. The molecule has 0 fully saturated rings. The number of hydrogen-bond acceptors (Lipinski definition) is 3. The predicted molar refractivity (Wildman–Crippen MR) is 54.8 cm³/mol. The van der Waals surface area contributed by atoms with Gasteiger partial charge in [0.1, 0.15) is 5.75 Å². The second-order valence-corrected chi connectivity index (χ2v) is 3.22. The van der Waals surface area contributed by atoms with Crippen LogP contribution in [-0.4, -0.2) is 23.3 Å². The van der Waals surface area contributed by atoms with Crippen LogP contribution >= 0.6 is 0 Å². The zero-order valence-electron chi connectivity index (χ0n) is 8.51. The SMILES string of the molecule is COc1cccc(C(O)CCC(=O)O)c1. The lowest BCUT2D eigenvalue weighted by atomic mass is 10.0. The third-order valence-electron chi connectivity index (χ3n) is 2.11. The first-order valence-electron chi connectivity index (χ1n) is 4.67. The Kier molecular flexibility index (Phi) is 4.12. The number of carbonyl (C=O) groups is 1. The van der Waals surface area contributed by atoms with Crippen molar-refractivity contribution in [3.05, 3.63) is 29.8 Å². The molecule has 4 nitrogen and oxygen atoms in total. The molecule has 0 saturated heterocycles. The Hall–Kier alpha value is -1.55. The highest BCUT2D eigenvalue weighted by Crippen LogP contribution is 2.22. The first-order chi connectivity index (χ1) is 7.13. The molecule has 1 atom stereocenters. The third kappa shape index (κ3) is 3.59. The quantitative estimate of drug-likeness (QED) is 0.774. The number of hydrogen-bond donors (Lipinski definition) is 2. The van der Waals surface area contributed by atoms with Crippen LogP contribution in [0.5, 0.6) is 5.75 Å². The molecule has 82 valence electrons. The molecule has 0 aliphatic rings. The molecule has 15 heavy (non-hydrogen) atoms. The molecule has 0 amide bonds. The summed E-state index contributed by atoms with van der Waals surface area (Å²) in [5.41, 5.74) is 0.676. The smallest absolute Gasteiger partial charge is 0.303 e. The largest absolute Gasteiger partial charge is 0.497 e. The van der Waals surface area contributed by atoms with E-state index in [4.69, 9.17) is 9.84 Å². The number of rotatable bonds is 5. The predicted octanol–water partition coefficient (Wildman–Crippen LogP) is 1.59. The molecule has 1 unspecified atom stereocenters. The molecule has 0 spiro atoms. The van der Waals surface area contributed by atoms with Gasteiger partial charge >= 0.3 is 5.97 Å². The normalized spacial score (nSPS) is 12.1. The van der Waals surface area contributed by atoms with Gasteiger partial charge in [0.25, 0.3) is 0 Å². The highest BCUT2D eigenvalue weighted by atomic mass is 16.5. The second-order valence-electron chi connectivity index (χ2n) is 3.22. The molecule has 0 aliphatic heterocycles. The van der Waals surface area contributed by atoms with Gasteiger partial charge in [-0.3, -0.25) is 4.79 Å². The molecule has 1 aromatic rings. The average molecular weight is 210 g/mol.